The van der Waals surface area contributed by atoms with Gasteiger partial charge in [0.15, 0.2) is 0 Å². The van der Waals surface area contributed by atoms with Gasteiger partial charge in [0.05, 0.1) is 0 Å². The second kappa shape index (κ2) is 5.76. The van der Waals surface area contributed by atoms with Crippen molar-refractivity contribution >= 4 is 34.5 Å². The molecule has 2 heteroatoms. The highest BCUT2D eigenvalue weighted by Gasteiger charge is 2.09. The molecule has 0 heterocycles. The summed E-state index contributed by atoms with van der Waals surface area (Å²) in [5, 5.41) is 2.80. The maximum Gasteiger partial charge on any atom is 0.0231 e. The Morgan fingerprint density at radius 1 is 1.24 bits per heavy atom. The molecule has 2 unspecified atom stereocenters. The zero-order chi connectivity index (χ0) is 12.3. The van der Waals surface area contributed by atoms with E-state index in [-0.39, 0.29) is 0 Å². The first-order valence-electron chi connectivity index (χ1n) is 5.94. The van der Waals surface area contributed by atoms with Gasteiger partial charge in [0.2, 0.25) is 0 Å². The van der Waals surface area contributed by atoms with Crippen LogP contribution in [-0.4, -0.2) is 12.5 Å². The quantitative estimate of drug-likeness (QED) is 0.699. The first kappa shape index (κ1) is 12.7. The monoisotopic (exact) mass is 260 g/mol. The van der Waals surface area contributed by atoms with Crippen LogP contribution < -0.4 is 0 Å². The zero-order valence-corrected chi connectivity index (χ0v) is 12.2. The molecular weight excluding hydrogens is 242 g/mol. The summed E-state index contributed by atoms with van der Waals surface area (Å²) < 4.78 is 0. The van der Waals surface area contributed by atoms with E-state index in [9.17, 15) is 0 Å². The molecule has 0 saturated heterocycles. The fourth-order valence-electron chi connectivity index (χ4n) is 2.26. The predicted octanol–water partition coefficient (Wildman–Crippen LogP) is 4.70. The summed E-state index contributed by atoms with van der Waals surface area (Å²) in [6.45, 7) is 2.25. The molecule has 0 spiro atoms. The van der Waals surface area contributed by atoms with Gasteiger partial charge in [0.25, 0.3) is 0 Å². The second-order valence-corrected chi connectivity index (χ2v) is 5.98. The van der Waals surface area contributed by atoms with Crippen LogP contribution in [0.15, 0.2) is 36.4 Å². The zero-order valence-electron chi connectivity index (χ0n) is 10.2. The Morgan fingerprint density at radius 3 is 2.59 bits per heavy atom. The number of fused-ring (bicyclic) bond motifs is 1. The van der Waals surface area contributed by atoms with Gasteiger partial charge in [0.1, 0.15) is 0 Å². The van der Waals surface area contributed by atoms with Crippen molar-refractivity contribution in [1.29, 1.82) is 0 Å². The molecule has 2 aromatic carbocycles. The molecule has 0 fully saturated rings. The summed E-state index contributed by atoms with van der Waals surface area (Å²) in [4.78, 5) is 0. The molecule has 17 heavy (non-hydrogen) atoms. The lowest BCUT2D eigenvalue weighted by molar-refractivity contribution is 1.10. The van der Waals surface area contributed by atoms with E-state index >= 15 is 0 Å². The minimum atomic E-state index is 0.504. The molecule has 0 amide bonds. The number of rotatable bonds is 4. The Labute approximate surface area is 107 Å². The van der Waals surface area contributed by atoms with Gasteiger partial charge in [-0.2, -0.15) is 0 Å². The van der Waals surface area contributed by atoms with Crippen LogP contribution in [0.25, 0.3) is 10.8 Å². The standard InChI is InChI=1S/C15H18P2/c1-11(17-2)14-8-4-7-12-5-3-6-13(9-10-16)15(12)14/h3-8,11H,2,9-10,16H2,1H3. The first-order chi connectivity index (χ1) is 8.27. The molecule has 2 atom stereocenters. The van der Waals surface area contributed by atoms with Gasteiger partial charge in [-0.25, -0.2) is 0 Å². The molecule has 0 saturated carbocycles. The lowest BCUT2D eigenvalue weighted by atomic mass is 9.96. The van der Waals surface area contributed by atoms with Gasteiger partial charge in [-0.05, 0) is 34.5 Å². The van der Waals surface area contributed by atoms with Crippen molar-refractivity contribution in [2.75, 3.05) is 6.16 Å². The minimum absolute atomic E-state index is 0.504. The number of hydrogen-bond donors (Lipinski definition) is 0. The van der Waals surface area contributed by atoms with E-state index in [0.717, 1.165) is 12.6 Å². The van der Waals surface area contributed by atoms with E-state index in [1.807, 2.05) is 0 Å². The highest BCUT2D eigenvalue weighted by Crippen LogP contribution is 2.34. The van der Waals surface area contributed by atoms with Crippen LogP contribution in [0.3, 0.4) is 0 Å². The van der Waals surface area contributed by atoms with Gasteiger partial charge in [-0.3, -0.25) is 0 Å². The van der Waals surface area contributed by atoms with Crippen LogP contribution >= 0.6 is 17.4 Å². The van der Waals surface area contributed by atoms with Crippen molar-refractivity contribution in [1.82, 2.24) is 0 Å². The minimum Gasteiger partial charge on any atom is -0.137 e. The van der Waals surface area contributed by atoms with Gasteiger partial charge < -0.3 is 0 Å². The molecule has 0 aromatic heterocycles. The number of aryl methyl sites for hydroxylation is 1. The Morgan fingerprint density at radius 2 is 1.94 bits per heavy atom. The molecule has 0 radical (unpaired) electrons. The summed E-state index contributed by atoms with van der Waals surface area (Å²) in [5.74, 6) is 0. The van der Waals surface area contributed by atoms with Crippen LogP contribution in [0.2, 0.25) is 0 Å². The topological polar surface area (TPSA) is 0 Å². The van der Waals surface area contributed by atoms with Crippen LogP contribution in [0.1, 0.15) is 23.7 Å². The average Bonchev–Trinajstić information content (AvgIpc) is 2.38. The van der Waals surface area contributed by atoms with Gasteiger partial charge in [0, 0.05) is 5.66 Å². The molecule has 0 aliphatic heterocycles. The van der Waals surface area contributed by atoms with E-state index in [1.165, 1.54) is 30.1 Å². The molecular formula is C15H18P2. The average molecular weight is 260 g/mol. The van der Waals surface area contributed by atoms with Crippen LogP contribution in [0.4, 0.5) is 0 Å². The molecule has 88 valence electrons. The van der Waals surface area contributed by atoms with Gasteiger partial charge in [-0.1, -0.05) is 49.6 Å². The lowest BCUT2D eigenvalue weighted by Crippen LogP contribution is -1.94. The highest BCUT2D eigenvalue weighted by atomic mass is 31.1. The second-order valence-electron chi connectivity index (χ2n) is 4.26. The molecule has 2 aromatic rings. The Hall–Kier alpha value is -0.700. The smallest absolute Gasteiger partial charge is 0.0231 e. The van der Waals surface area contributed by atoms with E-state index < -0.39 is 0 Å². The molecule has 0 bridgehead atoms. The van der Waals surface area contributed by atoms with E-state index in [4.69, 9.17) is 0 Å². The van der Waals surface area contributed by atoms with E-state index in [1.54, 1.807) is 0 Å². The lowest BCUT2D eigenvalue weighted by Gasteiger charge is -2.14. The Kier molecular flexibility index (Phi) is 4.32. The third-order valence-electron chi connectivity index (χ3n) is 3.16. The van der Waals surface area contributed by atoms with Crippen molar-refractivity contribution in [2.24, 2.45) is 0 Å². The van der Waals surface area contributed by atoms with Crippen molar-refractivity contribution < 1.29 is 0 Å². The molecule has 0 aliphatic rings. The SMILES string of the molecule is C=PC(C)c1cccc2cccc(CCP)c12. The van der Waals surface area contributed by atoms with Crippen molar-refractivity contribution in [3.8, 4) is 0 Å². The van der Waals surface area contributed by atoms with Crippen LogP contribution in [0.5, 0.6) is 0 Å². The largest absolute Gasteiger partial charge is 0.137 e. The van der Waals surface area contributed by atoms with Crippen LogP contribution in [0, 0.1) is 0 Å². The Bertz CT molecular complexity index is 526. The van der Waals surface area contributed by atoms with Crippen molar-refractivity contribution in [3.63, 3.8) is 0 Å². The van der Waals surface area contributed by atoms with Gasteiger partial charge >= 0.3 is 0 Å². The normalized spacial score (nSPS) is 13.1. The molecule has 0 nitrogen and oxygen atoms in total. The summed E-state index contributed by atoms with van der Waals surface area (Å²) in [7, 11) is 4.01. The van der Waals surface area contributed by atoms with E-state index in [2.05, 4.69) is 58.9 Å². The first-order valence-corrected chi connectivity index (χ1v) is 7.91. The fourth-order valence-corrected chi connectivity index (χ4v) is 2.98. The fraction of sp³-hybridized carbons (Fsp3) is 0.267. The van der Waals surface area contributed by atoms with Gasteiger partial charge in [-0.15, -0.1) is 17.4 Å². The summed E-state index contributed by atoms with van der Waals surface area (Å²) >= 11 is 0. The van der Waals surface area contributed by atoms with Crippen molar-refractivity contribution in [3.05, 3.63) is 47.5 Å². The maximum atomic E-state index is 4.01. The summed E-state index contributed by atoms with van der Waals surface area (Å²) in [6, 6.07) is 13.2. The van der Waals surface area contributed by atoms with Crippen LogP contribution in [-0.2, 0) is 6.42 Å². The third kappa shape index (κ3) is 2.59. The summed E-state index contributed by atoms with van der Waals surface area (Å²) in [5.41, 5.74) is 3.40. The number of benzene rings is 2. The molecule has 0 aliphatic carbocycles. The number of hydrogen-bond acceptors (Lipinski definition) is 0. The summed E-state index contributed by atoms with van der Waals surface area (Å²) in [6.07, 6.45) is 6.25. The highest BCUT2D eigenvalue weighted by molar-refractivity contribution is 7.37. The molecule has 2 rings (SSSR count). The van der Waals surface area contributed by atoms with Crippen molar-refractivity contribution in [2.45, 2.75) is 19.0 Å². The third-order valence-corrected chi connectivity index (χ3v) is 4.28. The molecule has 0 N–H and O–H groups in total. The maximum absolute atomic E-state index is 4.01. The Balaban J connectivity index is 2.70. The van der Waals surface area contributed by atoms with E-state index in [0.29, 0.717) is 5.66 Å². The predicted molar refractivity (Wildman–Crippen MR) is 84.7 cm³/mol.